The first-order valence-electron chi connectivity index (χ1n) is 9.53. The molecule has 1 aromatic rings. The molecule has 0 spiro atoms. The largest absolute Gasteiger partial charge is 0.468 e. The summed E-state index contributed by atoms with van der Waals surface area (Å²) in [7, 11) is 4.63. The van der Waals surface area contributed by atoms with Gasteiger partial charge in [0, 0.05) is 24.8 Å². The summed E-state index contributed by atoms with van der Waals surface area (Å²) in [6.45, 7) is 2.83. The Labute approximate surface area is 159 Å². The number of esters is 2. The number of hydrogen-bond acceptors (Lipinski definition) is 6. The third-order valence-corrected chi connectivity index (χ3v) is 7.01. The van der Waals surface area contributed by atoms with Gasteiger partial charge in [-0.05, 0) is 36.8 Å². The van der Waals surface area contributed by atoms with Crippen LogP contribution in [0.1, 0.15) is 31.7 Å². The number of para-hydroxylation sites is 1. The zero-order chi connectivity index (χ0) is 19.4. The van der Waals surface area contributed by atoms with E-state index in [1.165, 1.54) is 14.2 Å². The van der Waals surface area contributed by atoms with Gasteiger partial charge < -0.3 is 19.1 Å². The highest BCUT2D eigenvalue weighted by Gasteiger charge is 2.72. The molecule has 0 radical (unpaired) electrons. The fourth-order valence-corrected chi connectivity index (χ4v) is 6.15. The van der Waals surface area contributed by atoms with E-state index in [1.54, 1.807) is 0 Å². The highest BCUT2D eigenvalue weighted by Crippen LogP contribution is 2.61. The van der Waals surface area contributed by atoms with Crippen molar-refractivity contribution >= 4 is 17.6 Å². The Bertz CT molecular complexity index is 762. The van der Waals surface area contributed by atoms with Crippen LogP contribution in [0.25, 0.3) is 0 Å². The topological polar surface area (TPSA) is 65.1 Å². The number of hydrogen-bond donors (Lipinski definition) is 0. The third-order valence-electron chi connectivity index (χ3n) is 7.01. The van der Waals surface area contributed by atoms with Crippen LogP contribution in [0.3, 0.4) is 0 Å². The van der Waals surface area contributed by atoms with Crippen molar-refractivity contribution in [1.82, 2.24) is 0 Å². The van der Waals surface area contributed by atoms with Gasteiger partial charge in [-0.25, -0.2) is 0 Å². The SMILES string of the molecule is COC(=O)C1(C(=O)OC)C[C@H]2CCCO[C@@H]2[C@]2(C)c3ccccc3N(C)[C@H]12. The molecule has 1 aliphatic carbocycles. The number of methoxy groups -OCH3 is 2. The highest BCUT2D eigenvalue weighted by molar-refractivity contribution is 6.02. The van der Waals surface area contributed by atoms with Crippen LogP contribution < -0.4 is 4.90 Å². The van der Waals surface area contributed by atoms with E-state index in [1.807, 2.05) is 25.2 Å². The van der Waals surface area contributed by atoms with Crippen LogP contribution in [-0.2, 0) is 29.2 Å². The van der Waals surface area contributed by atoms with E-state index >= 15 is 0 Å². The van der Waals surface area contributed by atoms with Crippen molar-refractivity contribution in [3.05, 3.63) is 29.8 Å². The van der Waals surface area contributed by atoms with E-state index in [2.05, 4.69) is 17.9 Å². The van der Waals surface area contributed by atoms with Crippen molar-refractivity contribution in [3.8, 4) is 0 Å². The van der Waals surface area contributed by atoms with Crippen LogP contribution in [0.4, 0.5) is 5.69 Å². The fourth-order valence-electron chi connectivity index (χ4n) is 6.15. The maximum atomic E-state index is 13.2. The van der Waals surface area contributed by atoms with Gasteiger partial charge in [-0.2, -0.15) is 0 Å². The molecule has 3 aliphatic rings. The molecule has 2 heterocycles. The molecule has 1 saturated carbocycles. The minimum Gasteiger partial charge on any atom is -0.468 e. The lowest BCUT2D eigenvalue weighted by Crippen LogP contribution is -2.70. The quantitative estimate of drug-likeness (QED) is 0.585. The summed E-state index contributed by atoms with van der Waals surface area (Å²) >= 11 is 0. The second-order valence-electron chi connectivity index (χ2n) is 8.17. The highest BCUT2D eigenvalue weighted by atomic mass is 16.5. The predicted octanol–water partition coefficient (Wildman–Crippen LogP) is 2.29. The third kappa shape index (κ3) is 2.16. The molecule has 4 rings (SSSR count). The Morgan fingerprint density at radius 3 is 2.52 bits per heavy atom. The van der Waals surface area contributed by atoms with Crippen LogP contribution in [0.5, 0.6) is 0 Å². The Morgan fingerprint density at radius 2 is 1.85 bits per heavy atom. The molecule has 6 nitrogen and oxygen atoms in total. The first kappa shape index (κ1) is 18.3. The van der Waals surface area contributed by atoms with Crippen LogP contribution in [-0.4, -0.2) is 52.0 Å². The normalized spacial score (nSPS) is 33.5. The predicted molar refractivity (Wildman–Crippen MR) is 99.5 cm³/mol. The van der Waals surface area contributed by atoms with E-state index < -0.39 is 28.8 Å². The van der Waals surface area contributed by atoms with E-state index in [-0.39, 0.29) is 12.0 Å². The van der Waals surface area contributed by atoms with Crippen LogP contribution in [0.15, 0.2) is 24.3 Å². The molecule has 0 N–H and O–H groups in total. The molecule has 1 aromatic carbocycles. The summed E-state index contributed by atoms with van der Waals surface area (Å²) in [5.41, 5.74) is 0.244. The molecule has 0 aromatic heterocycles. The summed E-state index contributed by atoms with van der Waals surface area (Å²) < 4.78 is 16.7. The number of anilines is 1. The molecule has 2 aliphatic heterocycles. The van der Waals surface area contributed by atoms with Gasteiger partial charge in [0.05, 0.1) is 26.4 Å². The zero-order valence-corrected chi connectivity index (χ0v) is 16.4. The average Bonchev–Trinajstić information content (AvgIpc) is 2.95. The zero-order valence-electron chi connectivity index (χ0n) is 16.4. The van der Waals surface area contributed by atoms with Gasteiger partial charge in [0.1, 0.15) is 0 Å². The number of carbonyl (C=O) groups excluding carboxylic acids is 2. The molecule has 146 valence electrons. The van der Waals surface area contributed by atoms with E-state index in [0.29, 0.717) is 13.0 Å². The number of rotatable bonds is 2. The van der Waals surface area contributed by atoms with Crippen molar-refractivity contribution in [1.29, 1.82) is 0 Å². The standard InChI is InChI=1S/C21H27NO5/c1-20-14-9-5-6-10-15(14)22(2)17(20)21(18(23)25-3,19(24)26-4)12-13-8-7-11-27-16(13)20/h5-6,9-10,13,16-17H,7-8,11-12H2,1-4H3/t13-,16+,17+,20+/m1/s1. The van der Waals surface area contributed by atoms with Gasteiger partial charge in [-0.1, -0.05) is 25.1 Å². The summed E-state index contributed by atoms with van der Waals surface area (Å²) in [5, 5.41) is 0. The molecule has 27 heavy (non-hydrogen) atoms. The van der Waals surface area contributed by atoms with Crippen molar-refractivity contribution in [2.75, 3.05) is 32.8 Å². The second-order valence-corrected chi connectivity index (χ2v) is 8.17. The summed E-state index contributed by atoms with van der Waals surface area (Å²) in [5.74, 6) is -0.943. The minimum absolute atomic E-state index is 0.0511. The lowest BCUT2D eigenvalue weighted by atomic mass is 9.52. The molecular formula is C21H27NO5. The van der Waals surface area contributed by atoms with Crippen molar-refractivity contribution in [2.24, 2.45) is 11.3 Å². The maximum Gasteiger partial charge on any atom is 0.325 e. The molecule has 0 bridgehead atoms. The second kappa shape index (κ2) is 6.23. The first-order chi connectivity index (χ1) is 12.9. The van der Waals surface area contributed by atoms with Crippen molar-refractivity contribution in [2.45, 2.75) is 43.7 Å². The number of carbonyl (C=O) groups is 2. The molecule has 1 saturated heterocycles. The van der Waals surface area contributed by atoms with Crippen LogP contribution in [0.2, 0.25) is 0 Å². The van der Waals surface area contributed by atoms with Crippen LogP contribution in [0, 0.1) is 11.3 Å². The summed E-state index contributed by atoms with van der Waals surface area (Å²) in [4.78, 5) is 28.4. The van der Waals surface area contributed by atoms with Gasteiger partial charge in [-0.3, -0.25) is 9.59 Å². The van der Waals surface area contributed by atoms with E-state index in [9.17, 15) is 9.59 Å². The molecule has 0 amide bonds. The Kier molecular flexibility index (Phi) is 4.22. The van der Waals surface area contributed by atoms with E-state index in [0.717, 1.165) is 24.1 Å². The van der Waals surface area contributed by atoms with Crippen molar-refractivity contribution in [3.63, 3.8) is 0 Å². The Balaban J connectivity index is 1.99. The lowest BCUT2D eigenvalue weighted by molar-refractivity contribution is -0.189. The summed E-state index contributed by atoms with van der Waals surface area (Å²) in [6, 6.07) is 7.68. The van der Waals surface area contributed by atoms with Crippen LogP contribution >= 0.6 is 0 Å². The fraction of sp³-hybridized carbons (Fsp3) is 0.619. The van der Waals surface area contributed by atoms with Gasteiger partial charge in [-0.15, -0.1) is 0 Å². The monoisotopic (exact) mass is 373 g/mol. The molecule has 2 fully saturated rings. The number of fused-ring (bicyclic) bond motifs is 5. The molecular weight excluding hydrogens is 346 g/mol. The molecule has 4 atom stereocenters. The Hall–Kier alpha value is -2.08. The number of benzene rings is 1. The smallest absolute Gasteiger partial charge is 0.325 e. The number of likely N-dealkylation sites (N-methyl/N-ethyl adjacent to an activating group) is 1. The first-order valence-corrected chi connectivity index (χ1v) is 9.53. The van der Waals surface area contributed by atoms with Gasteiger partial charge in [0.2, 0.25) is 0 Å². The maximum absolute atomic E-state index is 13.2. The lowest BCUT2D eigenvalue weighted by Gasteiger charge is -2.56. The molecule has 6 heteroatoms. The minimum atomic E-state index is -1.38. The summed E-state index contributed by atoms with van der Waals surface area (Å²) in [6.07, 6.45) is 2.19. The van der Waals surface area contributed by atoms with Gasteiger partial charge in [0.25, 0.3) is 0 Å². The van der Waals surface area contributed by atoms with Crippen molar-refractivity contribution < 1.29 is 23.8 Å². The average molecular weight is 373 g/mol. The number of nitrogens with zero attached hydrogens (tertiary/aromatic N) is 1. The molecule has 0 unspecified atom stereocenters. The Morgan fingerprint density at radius 1 is 1.19 bits per heavy atom. The van der Waals surface area contributed by atoms with Gasteiger partial charge >= 0.3 is 11.9 Å². The van der Waals surface area contributed by atoms with E-state index in [4.69, 9.17) is 14.2 Å². The number of ether oxygens (including phenoxy) is 3. The van der Waals surface area contributed by atoms with Gasteiger partial charge in [0.15, 0.2) is 5.41 Å².